The zero-order valence-electron chi connectivity index (χ0n) is 14.9. The van der Waals surface area contributed by atoms with E-state index in [9.17, 15) is 0 Å². The summed E-state index contributed by atoms with van der Waals surface area (Å²) in [4.78, 5) is 8.84. The topological polar surface area (TPSA) is 53.5 Å². The maximum Gasteiger partial charge on any atom is 0.163 e. The molecular weight excluding hydrogens is 364 g/mol. The van der Waals surface area contributed by atoms with E-state index in [2.05, 4.69) is 15.9 Å². The molecule has 3 rings (SSSR count). The van der Waals surface area contributed by atoms with Crippen molar-refractivity contribution < 1.29 is 14.2 Å². The van der Waals surface area contributed by atoms with Gasteiger partial charge in [0.2, 0.25) is 0 Å². The predicted molar refractivity (Wildman–Crippen MR) is 106 cm³/mol. The fourth-order valence-corrected chi connectivity index (χ4v) is 2.78. The van der Waals surface area contributed by atoms with Gasteiger partial charge in [-0.2, -0.15) is 0 Å². The number of aromatic nitrogens is 2. The van der Waals surface area contributed by atoms with Crippen LogP contribution < -0.4 is 9.47 Å². The van der Waals surface area contributed by atoms with E-state index < -0.39 is 0 Å². The van der Waals surface area contributed by atoms with E-state index in [0.29, 0.717) is 37.2 Å². The SMILES string of the molecule is C#Cc1ccccc1-c1ncnc2cc(OCCCl)c(OCCOC)cc12. The molecule has 27 heavy (non-hydrogen) atoms. The summed E-state index contributed by atoms with van der Waals surface area (Å²) < 4.78 is 16.6. The van der Waals surface area contributed by atoms with E-state index in [1.54, 1.807) is 7.11 Å². The predicted octanol–water partition coefficient (Wildman–Crippen LogP) is 3.92. The van der Waals surface area contributed by atoms with Crippen LogP contribution in [0, 0.1) is 12.3 Å². The van der Waals surface area contributed by atoms with Crippen LogP contribution in [0.5, 0.6) is 11.5 Å². The summed E-state index contributed by atoms with van der Waals surface area (Å²) in [5.41, 5.74) is 3.11. The normalized spacial score (nSPS) is 10.6. The van der Waals surface area contributed by atoms with Crippen LogP contribution in [0.2, 0.25) is 0 Å². The van der Waals surface area contributed by atoms with Crippen LogP contribution in [-0.4, -0.2) is 42.8 Å². The van der Waals surface area contributed by atoms with E-state index in [4.69, 9.17) is 32.2 Å². The summed E-state index contributed by atoms with van der Waals surface area (Å²) >= 11 is 5.76. The van der Waals surface area contributed by atoms with Gasteiger partial charge in [0.05, 0.1) is 23.7 Å². The molecule has 0 aliphatic rings. The number of halogens is 1. The second kappa shape index (κ2) is 9.22. The number of terminal acetylenes is 1. The Bertz CT molecular complexity index is 969. The molecule has 138 valence electrons. The lowest BCUT2D eigenvalue weighted by molar-refractivity contribution is 0.143. The minimum Gasteiger partial charge on any atom is -0.488 e. The van der Waals surface area contributed by atoms with Crippen LogP contribution in [0.1, 0.15) is 5.56 Å². The molecule has 0 saturated heterocycles. The summed E-state index contributed by atoms with van der Waals surface area (Å²) in [5.74, 6) is 4.24. The Labute approximate surface area is 163 Å². The van der Waals surface area contributed by atoms with Crippen molar-refractivity contribution in [3.05, 3.63) is 48.3 Å². The molecule has 0 N–H and O–H groups in total. The molecule has 1 aromatic heterocycles. The van der Waals surface area contributed by atoms with Crippen molar-refractivity contribution in [3.63, 3.8) is 0 Å². The number of hydrogen-bond acceptors (Lipinski definition) is 5. The van der Waals surface area contributed by atoms with E-state index in [0.717, 1.165) is 27.7 Å². The van der Waals surface area contributed by atoms with Crippen molar-refractivity contribution in [1.29, 1.82) is 0 Å². The fraction of sp³-hybridized carbons (Fsp3) is 0.238. The lowest BCUT2D eigenvalue weighted by Crippen LogP contribution is -2.07. The van der Waals surface area contributed by atoms with Gasteiger partial charge in [-0.25, -0.2) is 9.97 Å². The van der Waals surface area contributed by atoms with Crippen LogP contribution in [-0.2, 0) is 4.74 Å². The van der Waals surface area contributed by atoms with Crippen molar-refractivity contribution >= 4 is 22.5 Å². The Kier molecular flexibility index (Phi) is 6.48. The Morgan fingerprint density at radius 1 is 1.04 bits per heavy atom. The summed E-state index contributed by atoms with van der Waals surface area (Å²) in [6, 6.07) is 11.4. The molecule has 3 aromatic rings. The molecule has 0 saturated carbocycles. The average Bonchev–Trinajstić information content (AvgIpc) is 2.71. The van der Waals surface area contributed by atoms with E-state index >= 15 is 0 Å². The van der Waals surface area contributed by atoms with Gasteiger partial charge in [-0.1, -0.05) is 24.1 Å². The lowest BCUT2D eigenvalue weighted by atomic mass is 10.0. The van der Waals surface area contributed by atoms with Gasteiger partial charge < -0.3 is 14.2 Å². The number of fused-ring (bicyclic) bond motifs is 1. The first-order chi connectivity index (χ1) is 13.3. The van der Waals surface area contributed by atoms with Crippen LogP contribution in [0.3, 0.4) is 0 Å². The van der Waals surface area contributed by atoms with Crippen molar-refractivity contribution in [1.82, 2.24) is 9.97 Å². The van der Waals surface area contributed by atoms with Crippen molar-refractivity contribution in [2.45, 2.75) is 0 Å². The van der Waals surface area contributed by atoms with Crippen molar-refractivity contribution in [2.75, 3.05) is 32.8 Å². The van der Waals surface area contributed by atoms with Crippen LogP contribution in [0.25, 0.3) is 22.2 Å². The molecule has 0 spiro atoms. The molecule has 0 fully saturated rings. The first-order valence-corrected chi connectivity index (χ1v) is 8.97. The van der Waals surface area contributed by atoms with Gasteiger partial charge in [0.25, 0.3) is 0 Å². The number of alkyl halides is 1. The number of nitrogens with zero attached hydrogens (tertiary/aromatic N) is 2. The number of rotatable bonds is 8. The standard InChI is InChI=1S/C21H19ClN2O3/c1-3-15-6-4-5-7-16(15)21-17-12-19(27-11-10-25-2)20(26-9-8-22)13-18(17)23-14-24-21/h1,4-7,12-14H,8-11H2,2H3. The number of hydrogen-bond donors (Lipinski definition) is 0. The highest BCUT2D eigenvalue weighted by atomic mass is 35.5. The molecule has 0 aliphatic carbocycles. The fourth-order valence-electron chi connectivity index (χ4n) is 2.70. The third kappa shape index (κ3) is 4.30. The van der Waals surface area contributed by atoms with Crippen molar-refractivity contribution in [2.24, 2.45) is 0 Å². The van der Waals surface area contributed by atoms with Gasteiger partial charge in [-0.15, -0.1) is 18.0 Å². The molecule has 0 unspecified atom stereocenters. The van der Waals surface area contributed by atoms with Crippen LogP contribution >= 0.6 is 11.6 Å². The van der Waals surface area contributed by atoms with E-state index in [1.807, 2.05) is 36.4 Å². The molecule has 0 amide bonds. The monoisotopic (exact) mass is 382 g/mol. The molecule has 6 heteroatoms. The number of methoxy groups -OCH3 is 1. The maximum absolute atomic E-state index is 5.84. The molecule has 0 atom stereocenters. The second-order valence-electron chi connectivity index (χ2n) is 5.61. The highest BCUT2D eigenvalue weighted by Gasteiger charge is 2.15. The highest BCUT2D eigenvalue weighted by Crippen LogP contribution is 2.36. The quantitative estimate of drug-likeness (QED) is 0.336. The maximum atomic E-state index is 5.84. The Balaban J connectivity index is 2.13. The van der Waals surface area contributed by atoms with Crippen LogP contribution in [0.4, 0.5) is 0 Å². The summed E-state index contributed by atoms with van der Waals surface area (Å²) in [6.07, 6.45) is 7.17. The van der Waals surface area contributed by atoms with E-state index in [-0.39, 0.29) is 0 Å². The molecule has 0 bridgehead atoms. The van der Waals surface area contributed by atoms with Gasteiger partial charge in [-0.3, -0.25) is 0 Å². The van der Waals surface area contributed by atoms with Crippen molar-refractivity contribution in [3.8, 4) is 35.1 Å². The third-order valence-electron chi connectivity index (χ3n) is 3.92. The Morgan fingerprint density at radius 2 is 1.81 bits per heavy atom. The minimum atomic E-state index is 0.367. The first kappa shape index (κ1) is 19.0. The van der Waals surface area contributed by atoms with Crippen LogP contribution in [0.15, 0.2) is 42.7 Å². The third-order valence-corrected chi connectivity index (χ3v) is 4.07. The molecule has 1 heterocycles. The Morgan fingerprint density at radius 3 is 2.59 bits per heavy atom. The smallest absolute Gasteiger partial charge is 0.163 e. The molecule has 2 aromatic carbocycles. The van der Waals surface area contributed by atoms with Gasteiger partial charge in [-0.05, 0) is 12.1 Å². The molecular formula is C21H19ClN2O3. The summed E-state index contributed by atoms with van der Waals surface area (Å²) in [6.45, 7) is 1.22. The number of benzene rings is 2. The average molecular weight is 383 g/mol. The zero-order chi connectivity index (χ0) is 19.1. The molecule has 5 nitrogen and oxygen atoms in total. The molecule has 0 radical (unpaired) electrons. The van der Waals surface area contributed by atoms with Gasteiger partial charge in [0.1, 0.15) is 19.5 Å². The van der Waals surface area contributed by atoms with E-state index in [1.165, 1.54) is 6.33 Å². The second-order valence-corrected chi connectivity index (χ2v) is 5.98. The Hall–Kier alpha value is -2.81. The summed E-state index contributed by atoms with van der Waals surface area (Å²) in [7, 11) is 1.62. The first-order valence-electron chi connectivity index (χ1n) is 8.43. The lowest BCUT2D eigenvalue weighted by Gasteiger charge is -2.15. The van der Waals surface area contributed by atoms with Gasteiger partial charge in [0.15, 0.2) is 11.5 Å². The minimum absolute atomic E-state index is 0.367. The number of ether oxygens (including phenoxy) is 3. The largest absolute Gasteiger partial charge is 0.488 e. The highest BCUT2D eigenvalue weighted by molar-refractivity contribution is 6.18. The van der Waals surface area contributed by atoms with Gasteiger partial charge >= 0.3 is 0 Å². The molecule has 0 aliphatic heterocycles. The summed E-state index contributed by atoms with van der Waals surface area (Å²) in [5, 5.41) is 0.825. The zero-order valence-corrected chi connectivity index (χ0v) is 15.7. The van der Waals surface area contributed by atoms with Gasteiger partial charge in [0, 0.05) is 29.7 Å².